The van der Waals surface area contributed by atoms with Gasteiger partial charge in [0.2, 0.25) is 0 Å². The lowest BCUT2D eigenvalue weighted by atomic mass is 10.0. The number of hydrogen-bond acceptors (Lipinski definition) is 4. The van der Waals surface area contributed by atoms with Crippen molar-refractivity contribution in [3.8, 4) is 0 Å². The summed E-state index contributed by atoms with van der Waals surface area (Å²) in [6.07, 6.45) is 5.64. The van der Waals surface area contributed by atoms with Gasteiger partial charge in [-0.1, -0.05) is 0 Å². The lowest BCUT2D eigenvalue weighted by molar-refractivity contribution is 0.373. The van der Waals surface area contributed by atoms with Crippen LogP contribution in [0.3, 0.4) is 0 Å². The van der Waals surface area contributed by atoms with Gasteiger partial charge in [-0.15, -0.1) is 10.2 Å². The van der Waals surface area contributed by atoms with Crippen molar-refractivity contribution in [2.75, 3.05) is 20.1 Å². The zero-order chi connectivity index (χ0) is 11.8. The fourth-order valence-corrected chi connectivity index (χ4v) is 3.10. The fourth-order valence-electron chi connectivity index (χ4n) is 3.10. The Morgan fingerprint density at radius 2 is 2.24 bits per heavy atom. The van der Waals surface area contributed by atoms with Crippen molar-refractivity contribution in [3.05, 3.63) is 11.6 Å². The third kappa shape index (κ3) is 2.09. The second-order valence-electron chi connectivity index (χ2n) is 5.48. The first-order chi connectivity index (χ1) is 8.24. The first-order valence-corrected chi connectivity index (χ1v) is 6.61. The van der Waals surface area contributed by atoms with E-state index in [1.807, 2.05) is 0 Å². The van der Waals surface area contributed by atoms with Gasteiger partial charge in [-0.05, 0) is 38.8 Å². The van der Waals surface area contributed by atoms with Gasteiger partial charge < -0.3 is 10.6 Å². The highest BCUT2D eigenvalue weighted by Crippen LogP contribution is 2.24. The topological polar surface area (TPSA) is 60.0 Å². The number of nitrogens with zero attached hydrogens (tertiary/aromatic N) is 4. The smallest absolute Gasteiger partial charge is 0.134 e. The second kappa shape index (κ2) is 4.38. The number of aryl methyl sites for hydroxylation is 1. The highest BCUT2D eigenvalue weighted by molar-refractivity contribution is 5.03. The van der Waals surface area contributed by atoms with Crippen molar-refractivity contribution in [1.82, 2.24) is 19.7 Å². The average molecular weight is 235 g/mol. The zero-order valence-corrected chi connectivity index (χ0v) is 10.5. The highest BCUT2D eigenvalue weighted by Gasteiger charge is 2.26. The Bertz CT molecular complexity index is 400. The molecule has 17 heavy (non-hydrogen) atoms. The van der Waals surface area contributed by atoms with E-state index in [1.54, 1.807) is 0 Å². The van der Waals surface area contributed by atoms with Crippen LogP contribution < -0.4 is 5.73 Å². The van der Waals surface area contributed by atoms with Crippen LogP contribution in [-0.2, 0) is 12.8 Å². The molecule has 1 saturated heterocycles. The molecule has 3 rings (SSSR count). The van der Waals surface area contributed by atoms with Crippen molar-refractivity contribution in [2.24, 2.45) is 11.7 Å². The molecule has 94 valence electrons. The van der Waals surface area contributed by atoms with E-state index < -0.39 is 0 Å². The van der Waals surface area contributed by atoms with Gasteiger partial charge in [0.05, 0.1) is 6.17 Å². The molecule has 2 unspecified atom stereocenters. The summed E-state index contributed by atoms with van der Waals surface area (Å²) in [7, 11) is 2.19. The van der Waals surface area contributed by atoms with E-state index in [2.05, 4.69) is 26.7 Å². The summed E-state index contributed by atoms with van der Waals surface area (Å²) in [4.78, 5) is 2.39. The van der Waals surface area contributed by atoms with Crippen LogP contribution in [0, 0.1) is 5.92 Å². The summed E-state index contributed by atoms with van der Waals surface area (Å²) in [5.41, 5.74) is 6.17. The SMILES string of the molecule is CN1CCC(Cc2nnc3n2C(N)CCC3)C1. The predicted molar refractivity (Wildman–Crippen MR) is 65.5 cm³/mol. The molecule has 1 aromatic heterocycles. The Balaban J connectivity index is 1.77. The maximum absolute atomic E-state index is 6.17. The van der Waals surface area contributed by atoms with Gasteiger partial charge >= 0.3 is 0 Å². The fraction of sp³-hybridized carbons (Fsp3) is 0.833. The maximum atomic E-state index is 6.17. The Morgan fingerprint density at radius 3 is 3.00 bits per heavy atom. The van der Waals surface area contributed by atoms with E-state index >= 15 is 0 Å². The monoisotopic (exact) mass is 235 g/mol. The van der Waals surface area contributed by atoms with Crippen LogP contribution in [0.1, 0.15) is 37.1 Å². The summed E-state index contributed by atoms with van der Waals surface area (Å²) in [5, 5.41) is 8.64. The van der Waals surface area contributed by atoms with Crippen molar-refractivity contribution < 1.29 is 0 Å². The standard InChI is InChI=1S/C12H21N5/c1-16-6-5-9(8-16)7-12-15-14-11-4-2-3-10(13)17(11)12/h9-10H,2-8,13H2,1H3. The summed E-state index contributed by atoms with van der Waals surface area (Å²) >= 11 is 0. The largest absolute Gasteiger partial charge is 0.311 e. The molecule has 1 fully saturated rings. The molecule has 2 aliphatic rings. The molecule has 0 spiro atoms. The first kappa shape index (κ1) is 11.2. The lowest BCUT2D eigenvalue weighted by Crippen LogP contribution is -2.27. The minimum absolute atomic E-state index is 0.0999. The van der Waals surface area contributed by atoms with Crippen LogP contribution in [0.4, 0.5) is 0 Å². The molecule has 0 aliphatic carbocycles. The van der Waals surface area contributed by atoms with Gasteiger partial charge in [-0.3, -0.25) is 4.57 Å². The number of rotatable bonds is 2. The molecule has 3 heterocycles. The van der Waals surface area contributed by atoms with Crippen LogP contribution >= 0.6 is 0 Å². The molecule has 0 saturated carbocycles. The summed E-state index contributed by atoms with van der Waals surface area (Å²) in [5.74, 6) is 2.92. The molecule has 5 heteroatoms. The molecule has 0 radical (unpaired) electrons. The van der Waals surface area contributed by atoms with Crippen LogP contribution in [-0.4, -0.2) is 39.8 Å². The van der Waals surface area contributed by atoms with Gasteiger partial charge in [0.25, 0.3) is 0 Å². The van der Waals surface area contributed by atoms with Crippen molar-refractivity contribution >= 4 is 0 Å². The molecular weight excluding hydrogens is 214 g/mol. The van der Waals surface area contributed by atoms with Gasteiger partial charge in [-0.2, -0.15) is 0 Å². The second-order valence-corrected chi connectivity index (χ2v) is 5.48. The van der Waals surface area contributed by atoms with Gasteiger partial charge in [0.15, 0.2) is 0 Å². The molecule has 0 amide bonds. The van der Waals surface area contributed by atoms with Crippen molar-refractivity contribution in [2.45, 2.75) is 38.3 Å². The maximum Gasteiger partial charge on any atom is 0.134 e. The average Bonchev–Trinajstić information content (AvgIpc) is 2.88. The zero-order valence-electron chi connectivity index (χ0n) is 10.5. The number of hydrogen-bond donors (Lipinski definition) is 1. The molecule has 5 nitrogen and oxygen atoms in total. The highest BCUT2D eigenvalue weighted by atomic mass is 15.3. The Kier molecular flexibility index (Phi) is 2.88. The summed E-state index contributed by atoms with van der Waals surface area (Å²) < 4.78 is 2.18. The Hall–Kier alpha value is -0.940. The molecule has 0 bridgehead atoms. The van der Waals surface area contributed by atoms with Crippen molar-refractivity contribution in [3.63, 3.8) is 0 Å². The number of fused-ring (bicyclic) bond motifs is 1. The van der Waals surface area contributed by atoms with Crippen LogP contribution in [0.25, 0.3) is 0 Å². The molecule has 1 aromatic rings. The van der Waals surface area contributed by atoms with E-state index in [4.69, 9.17) is 5.73 Å². The van der Waals surface area contributed by atoms with E-state index in [9.17, 15) is 0 Å². The minimum atomic E-state index is 0.0999. The van der Waals surface area contributed by atoms with Crippen LogP contribution in [0.5, 0.6) is 0 Å². The quantitative estimate of drug-likeness (QED) is 0.814. The van der Waals surface area contributed by atoms with Gasteiger partial charge in [0, 0.05) is 19.4 Å². The van der Waals surface area contributed by atoms with E-state index in [0.29, 0.717) is 0 Å². The molecule has 2 atom stereocenters. The third-order valence-corrected chi connectivity index (χ3v) is 4.03. The van der Waals surface area contributed by atoms with Gasteiger partial charge in [0.1, 0.15) is 11.6 Å². The normalized spacial score (nSPS) is 29.5. The molecule has 2 aliphatic heterocycles. The Morgan fingerprint density at radius 1 is 1.35 bits per heavy atom. The molecular formula is C12H21N5. The summed E-state index contributed by atoms with van der Waals surface area (Å²) in [6, 6.07) is 0. The summed E-state index contributed by atoms with van der Waals surface area (Å²) in [6.45, 7) is 2.38. The number of likely N-dealkylation sites (tertiary alicyclic amines) is 1. The number of aromatic nitrogens is 3. The van der Waals surface area contributed by atoms with E-state index in [0.717, 1.165) is 43.3 Å². The lowest BCUT2D eigenvalue weighted by Gasteiger charge is -2.23. The minimum Gasteiger partial charge on any atom is -0.311 e. The van der Waals surface area contributed by atoms with Crippen molar-refractivity contribution in [1.29, 1.82) is 0 Å². The predicted octanol–water partition coefficient (Wildman–Crippen LogP) is 0.566. The molecule has 0 aromatic carbocycles. The molecule has 2 N–H and O–H groups in total. The Labute approximate surface area is 102 Å². The van der Waals surface area contributed by atoms with Gasteiger partial charge in [-0.25, -0.2) is 0 Å². The third-order valence-electron chi connectivity index (χ3n) is 4.03. The number of nitrogens with two attached hydrogens (primary N) is 1. The van der Waals surface area contributed by atoms with Crippen LogP contribution in [0.2, 0.25) is 0 Å². The first-order valence-electron chi connectivity index (χ1n) is 6.61. The van der Waals surface area contributed by atoms with Crippen LogP contribution in [0.15, 0.2) is 0 Å². The van der Waals surface area contributed by atoms with E-state index in [1.165, 1.54) is 19.5 Å². The van der Waals surface area contributed by atoms with E-state index in [-0.39, 0.29) is 6.17 Å².